The number of phenolic OH excluding ortho intramolecular Hbond substituents is 2. The molecule has 0 aliphatic rings. The molecule has 0 saturated carbocycles. The highest BCUT2D eigenvalue weighted by atomic mass is 16.5. The van der Waals surface area contributed by atoms with Gasteiger partial charge in [-0.2, -0.15) is 0 Å². The van der Waals surface area contributed by atoms with Crippen molar-refractivity contribution in [2.24, 2.45) is 0 Å². The Labute approximate surface area is 153 Å². The molecule has 0 unspecified atom stereocenters. The predicted molar refractivity (Wildman–Crippen MR) is 101 cm³/mol. The van der Waals surface area contributed by atoms with E-state index in [1.54, 1.807) is 36.4 Å². The number of aromatic hydroxyl groups is 2. The van der Waals surface area contributed by atoms with Crippen LogP contribution in [0.1, 0.15) is 11.1 Å². The fourth-order valence-electron chi connectivity index (χ4n) is 2.52. The van der Waals surface area contributed by atoms with E-state index in [1.165, 1.54) is 5.56 Å². The molecule has 3 rings (SSSR count). The first-order chi connectivity index (χ1) is 12.7. The Morgan fingerprint density at radius 2 is 0.923 bits per heavy atom. The highest BCUT2D eigenvalue weighted by Gasteiger charge is 2.00. The van der Waals surface area contributed by atoms with Crippen LogP contribution >= 0.6 is 0 Å². The molecule has 3 aromatic carbocycles. The van der Waals surface area contributed by atoms with Crippen molar-refractivity contribution < 1.29 is 19.7 Å². The van der Waals surface area contributed by atoms with Gasteiger partial charge >= 0.3 is 0 Å². The molecule has 0 aliphatic carbocycles. The second kappa shape index (κ2) is 8.92. The smallest absolute Gasteiger partial charge is 0.127 e. The highest BCUT2D eigenvalue weighted by Crippen LogP contribution is 2.23. The van der Waals surface area contributed by atoms with Crippen molar-refractivity contribution in [3.63, 3.8) is 0 Å². The van der Waals surface area contributed by atoms with E-state index >= 15 is 0 Å². The standard InChI is InChI=1S/C22H22O4/c23-19-5-1-17(2-6-19)13-15-25-16-14-18-3-9-21(10-4-18)26-22-11-7-20(24)8-12-22/h1-12,23-24H,13-16H2. The van der Waals surface area contributed by atoms with E-state index < -0.39 is 0 Å². The molecule has 0 radical (unpaired) electrons. The summed E-state index contributed by atoms with van der Waals surface area (Å²) in [4.78, 5) is 0. The molecule has 0 atom stereocenters. The van der Waals surface area contributed by atoms with E-state index in [0.717, 1.165) is 24.2 Å². The van der Waals surface area contributed by atoms with Crippen LogP contribution in [-0.2, 0) is 17.6 Å². The van der Waals surface area contributed by atoms with Crippen LogP contribution in [0.15, 0.2) is 72.8 Å². The molecule has 26 heavy (non-hydrogen) atoms. The number of rotatable bonds is 8. The molecule has 2 N–H and O–H groups in total. The van der Waals surface area contributed by atoms with Gasteiger partial charge in [-0.25, -0.2) is 0 Å². The third kappa shape index (κ3) is 5.53. The van der Waals surface area contributed by atoms with Gasteiger partial charge in [0.15, 0.2) is 0 Å². The summed E-state index contributed by atoms with van der Waals surface area (Å²) in [5.41, 5.74) is 2.34. The third-order valence-electron chi connectivity index (χ3n) is 4.00. The van der Waals surface area contributed by atoms with Gasteiger partial charge in [0.05, 0.1) is 13.2 Å². The first-order valence-corrected chi connectivity index (χ1v) is 8.60. The molecule has 0 bridgehead atoms. The molecular weight excluding hydrogens is 328 g/mol. The lowest BCUT2D eigenvalue weighted by atomic mass is 10.1. The summed E-state index contributed by atoms with van der Waals surface area (Å²) in [5, 5.41) is 18.5. The minimum absolute atomic E-state index is 0.220. The summed E-state index contributed by atoms with van der Waals surface area (Å²) in [7, 11) is 0. The first kappa shape index (κ1) is 17.8. The first-order valence-electron chi connectivity index (χ1n) is 8.60. The molecule has 3 aromatic rings. The number of benzene rings is 3. The van der Waals surface area contributed by atoms with Crippen molar-refractivity contribution in [1.29, 1.82) is 0 Å². The Morgan fingerprint density at radius 1 is 0.538 bits per heavy atom. The Hall–Kier alpha value is -2.98. The van der Waals surface area contributed by atoms with Gasteiger partial charge in [0, 0.05) is 0 Å². The molecule has 0 heterocycles. The molecule has 4 heteroatoms. The molecule has 0 saturated heterocycles. The van der Waals surface area contributed by atoms with Gasteiger partial charge in [0.1, 0.15) is 23.0 Å². The van der Waals surface area contributed by atoms with Crippen molar-refractivity contribution in [3.05, 3.63) is 83.9 Å². The topological polar surface area (TPSA) is 58.9 Å². The van der Waals surface area contributed by atoms with E-state index in [2.05, 4.69) is 0 Å². The van der Waals surface area contributed by atoms with Crippen molar-refractivity contribution in [3.8, 4) is 23.0 Å². The van der Waals surface area contributed by atoms with Gasteiger partial charge < -0.3 is 19.7 Å². The number of hydrogen-bond acceptors (Lipinski definition) is 4. The summed E-state index contributed by atoms with van der Waals surface area (Å²) >= 11 is 0. The van der Waals surface area contributed by atoms with Crippen molar-refractivity contribution >= 4 is 0 Å². The molecular formula is C22H22O4. The Balaban J connectivity index is 1.38. The SMILES string of the molecule is Oc1ccc(CCOCCc2ccc(Oc3ccc(O)cc3)cc2)cc1. The van der Waals surface area contributed by atoms with E-state index in [4.69, 9.17) is 9.47 Å². The maximum Gasteiger partial charge on any atom is 0.127 e. The van der Waals surface area contributed by atoms with E-state index in [0.29, 0.717) is 19.0 Å². The van der Waals surface area contributed by atoms with Gasteiger partial charge in [-0.3, -0.25) is 0 Å². The monoisotopic (exact) mass is 350 g/mol. The lowest BCUT2D eigenvalue weighted by Crippen LogP contribution is -2.02. The average molecular weight is 350 g/mol. The van der Waals surface area contributed by atoms with E-state index in [9.17, 15) is 10.2 Å². The fraction of sp³-hybridized carbons (Fsp3) is 0.182. The Kier molecular flexibility index (Phi) is 6.12. The van der Waals surface area contributed by atoms with Gasteiger partial charge in [-0.05, 0) is 72.5 Å². The lowest BCUT2D eigenvalue weighted by molar-refractivity contribution is 0.140. The van der Waals surface area contributed by atoms with E-state index in [1.807, 2.05) is 36.4 Å². The van der Waals surface area contributed by atoms with Gasteiger partial charge in [-0.15, -0.1) is 0 Å². The van der Waals surface area contributed by atoms with Gasteiger partial charge in [0.25, 0.3) is 0 Å². The molecule has 4 nitrogen and oxygen atoms in total. The largest absolute Gasteiger partial charge is 0.508 e. The van der Waals surface area contributed by atoms with Crippen LogP contribution < -0.4 is 4.74 Å². The van der Waals surface area contributed by atoms with Crippen LogP contribution in [-0.4, -0.2) is 23.4 Å². The summed E-state index contributed by atoms with van der Waals surface area (Å²) in [6, 6.07) is 21.8. The zero-order valence-electron chi connectivity index (χ0n) is 14.5. The normalized spacial score (nSPS) is 10.6. The third-order valence-corrected chi connectivity index (χ3v) is 4.00. The molecule has 0 aromatic heterocycles. The number of phenols is 2. The maximum atomic E-state index is 9.28. The zero-order chi connectivity index (χ0) is 18.2. The predicted octanol–water partition coefficient (Wildman–Crippen LogP) is 4.69. The van der Waals surface area contributed by atoms with Crippen LogP contribution in [0.5, 0.6) is 23.0 Å². The second-order valence-corrected chi connectivity index (χ2v) is 6.02. The minimum atomic E-state index is 0.220. The van der Waals surface area contributed by atoms with Gasteiger partial charge in [-0.1, -0.05) is 24.3 Å². The maximum absolute atomic E-state index is 9.28. The molecule has 0 spiro atoms. The van der Waals surface area contributed by atoms with Crippen LogP contribution in [0.3, 0.4) is 0 Å². The Morgan fingerprint density at radius 3 is 1.42 bits per heavy atom. The van der Waals surface area contributed by atoms with Crippen LogP contribution in [0.4, 0.5) is 0 Å². The van der Waals surface area contributed by atoms with Crippen LogP contribution in [0, 0.1) is 0 Å². The average Bonchev–Trinajstić information content (AvgIpc) is 2.66. The van der Waals surface area contributed by atoms with E-state index in [-0.39, 0.29) is 11.5 Å². The van der Waals surface area contributed by atoms with Crippen molar-refractivity contribution in [1.82, 2.24) is 0 Å². The second-order valence-electron chi connectivity index (χ2n) is 6.02. The summed E-state index contributed by atoms with van der Waals surface area (Å²) in [6.07, 6.45) is 1.68. The zero-order valence-corrected chi connectivity index (χ0v) is 14.5. The highest BCUT2D eigenvalue weighted by molar-refractivity contribution is 5.35. The van der Waals surface area contributed by atoms with Crippen LogP contribution in [0.25, 0.3) is 0 Å². The molecule has 134 valence electrons. The Bertz CT molecular complexity index is 793. The summed E-state index contributed by atoms with van der Waals surface area (Å²) in [6.45, 7) is 1.32. The lowest BCUT2D eigenvalue weighted by Gasteiger charge is -2.08. The number of hydrogen-bond donors (Lipinski definition) is 2. The van der Waals surface area contributed by atoms with Crippen molar-refractivity contribution in [2.75, 3.05) is 13.2 Å². The molecule has 0 fully saturated rings. The van der Waals surface area contributed by atoms with Gasteiger partial charge in [0.2, 0.25) is 0 Å². The summed E-state index contributed by atoms with van der Waals surface area (Å²) in [5.74, 6) is 1.95. The fourth-order valence-corrected chi connectivity index (χ4v) is 2.52. The quantitative estimate of drug-likeness (QED) is 0.579. The summed E-state index contributed by atoms with van der Waals surface area (Å²) < 4.78 is 11.4. The molecule has 0 amide bonds. The van der Waals surface area contributed by atoms with Crippen molar-refractivity contribution in [2.45, 2.75) is 12.8 Å². The number of ether oxygens (including phenoxy) is 2. The minimum Gasteiger partial charge on any atom is -0.508 e. The van der Waals surface area contributed by atoms with Crippen LogP contribution in [0.2, 0.25) is 0 Å². The molecule has 0 aliphatic heterocycles.